The Balaban J connectivity index is 3.30. The summed E-state index contributed by atoms with van der Waals surface area (Å²) in [5, 5.41) is 11.2. The maximum Gasteiger partial charge on any atom is 0.446 e. The third kappa shape index (κ3) is 4.50. The lowest BCUT2D eigenvalue weighted by atomic mass is 10.1. The zero-order valence-electron chi connectivity index (χ0n) is 9.24. The van der Waals surface area contributed by atoms with Gasteiger partial charge in [-0.05, 0) is 23.9 Å². The van der Waals surface area contributed by atoms with Crippen LogP contribution in [0.2, 0.25) is 0 Å². The van der Waals surface area contributed by atoms with Gasteiger partial charge in [0.25, 0.3) is 5.69 Å². The van der Waals surface area contributed by atoms with E-state index in [-0.39, 0.29) is 17.3 Å². The molecule has 0 fully saturated rings. The van der Waals surface area contributed by atoms with Gasteiger partial charge in [0.1, 0.15) is 0 Å². The summed E-state index contributed by atoms with van der Waals surface area (Å²) in [6.45, 7) is 0. The number of hydrogen-bond donors (Lipinski definition) is 0. The smallest absolute Gasteiger partial charge is 0.294 e. The second kappa shape index (κ2) is 6.38. The predicted octanol–water partition coefficient (Wildman–Crippen LogP) is 4.17. The molecule has 0 aliphatic heterocycles. The van der Waals surface area contributed by atoms with Crippen LogP contribution in [0.3, 0.4) is 0 Å². The Labute approximate surface area is 118 Å². The van der Waals surface area contributed by atoms with E-state index in [1.54, 1.807) is 0 Å². The number of thioether (sulfide) groups is 1. The van der Waals surface area contributed by atoms with E-state index < -0.39 is 38.6 Å². The molecule has 1 aromatic rings. The van der Waals surface area contributed by atoms with Crippen LogP contribution in [0.1, 0.15) is 16.8 Å². The lowest BCUT2D eigenvalue weighted by molar-refractivity contribution is -0.388. The van der Waals surface area contributed by atoms with Gasteiger partial charge in [-0.3, -0.25) is 14.9 Å². The van der Waals surface area contributed by atoms with Crippen LogP contribution in [0.25, 0.3) is 0 Å². The van der Waals surface area contributed by atoms with Crippen molar-refractivity contribution in [2.75, 3.05) is 5.33 Å². The molecule has 0 saturated carbocycles. The Kier molecular flexibility index (Phi) is 5.36. The number of carbonyl (C=O) groups is 1. The summed E-state index contributed by atoms with van der Waals surface area (Å²) in [6.07, 6.45) is -0.0268. The SMILES string of the molecule is O=C(CCBr)c1cccc(SC(F)(F)F)c1[N+](=O)[O-]. The molecule has 0 aliphatic carbocycles. The summed E-state index contributed by atoms with van der Waals surface area (Å²) in [7, 11) is 0. The van der Waals surface area contributed by atoms with Crippen molar-refractivity contribution < 1.29 is 22.9 Å². The Hall–Kier alpha value is -1.09. The van der Waals surface area contributed by atoms with Gasteiger partial charge in [0.05, 0.1) is 15.4 Å². The molecule has 0 aliphatic rings. The van der Waals surface area contributed by atoms with Crippen LogP contribution in [-0.2, 0) is 0 Å². The largest absolute Gasteiger partial charge is 0.446 e. The number of hydrogen-bond acceptors (Lipinski definition) is 4. The van der Waals surface area contributed by atoms with E-state index in [1.807, 2.05) is 0 Å². The molecule has 104 valence electrons. The van der Waals surface area contributed by atoms with E-state index in [0.717, 1.165) is 12.1 Å². The number of ketones is 1. The van der Waals surface area contributed by atoms with Crippen molar-refractivity contribution in [1.29, 1.82) is 0 Å². The molecule has 0 atom stereocenters. The Bertz CT molecular complexity index is 507. The first kappa shape index (κ1) is 16.0. The molecule has 9 heteroatoms. The first-order valence-electron chi connectivity index (χ1n) is 4.88. The van der Waals surface area contributed by atoms with Crippen molar-refractivity contribution in [3.8, 4) is 0 Å². The van der Waals surface area contributed by atoms with Crippen LogP contribution >= 0.6 is 27.7 Å². The number of carbonyl (C=O) groups excluding carboxylic acids is 1. The fourth-order valence-corrected chi connectivity index (χ4v) is 2.40. The molecule has 0 heterocycles. The maximum absolute atomic E-state index is 12.3. The van der Waals surface area contributed by atoms with E-state index in [1.165, 1.54) is 6.07 Å². The number of nitro benzene ring substituents is 1. The summed E-state index contributed by atoms with van der Waals surface area (Å²) in [4.78, 5) is 21.0. The van der Waals surface area contributed by atoms with E-state index in [0.29, 0.717) is 0 Å². The van der Waals surface area contributed by atoms with Crippen molar-refractivity contribution in [3.05, 3.63) is 33.9 Å². The number of benzene rings is 1. The molecule has 19 heavy (non-hydrogen) atoms. The van der Waals surface area contributed by atoms with E-state index >= 15 is 0 Å². The standard InChI is InChI=1S/C10H7BrF3NO3S/c11-5-4-7(16)6-2-1-3-8(9(6)15(17)18)19-10(12,13)14/h1-3H,4-5H2. The van der Waals surface area contributed by atoms with Gasteiger partial charge in [0.15, 0.2) is 5.78 Å². The highest BCUT2D eigenvalue weighted by Crippen LogP contribution is 2.42. The summed E-state index contributed by atoms with van der Waals surface area (Å²) >= 11 is 2.40. The van der Waals surface area contributed by atoms with Crippen molar-refractivity contribution >= 4 is 39.2 Å². The molecule has 1 aromatic carbocycles. The van der Waals surface area contributed by atoms with Crippen molar-refractivity contribution in [2.24, 2.45) is 0 Å². The molecule has 0 radical (unpaired) electrons. The second-order valence-electron chi connectivity index (χ2n) is 3.32. The molecular weight excluding hydrogens is 351 g/mol. The van der Waals surface area contributed by atoms with E-state index in [2.05, 4.69) is 15.9 Å². The molecule has 0 N–H and O–H groups in total. The molecule has 1 rings (SSSR count). The van der Waals surface area contributed by atoms with Gasteiger partial charge >= 0.3 is 5.51 Å². The minimum absolute atomic E-state index is 0.0268. The highest BCUT2D eigenvalue weighted by Gasteiger charge is 2.35. The first-order chi connectivity index (χ1) is 8.76. The Morgan fingerprint density at radius 1 is 1.42 bits per heavy atom. The molecule has 4 nitrogen and oxygen atoms in total. The van der Waals surface area contributed by atoms with Gasteiger partial charge in [-0.15, -0.1) is 0 Å². The van der Waals surface area contributed by atoms with Crippen LogP contribution < -0.4 is 0 Å². The van der Waals surface area contributed by atoms with Crippen LogP contribution in [0.4, 0.5) is 18.9 Å². The quantitative estimate of drug-likeness (QED) is 0.261. The fourth-order valence-electron chi connectivity index (χ4n) is 1.36. The molecular formula is C10H7BrF3NO3S. The van der Waals surface area contributed by atoms with Gasteiger partial charge in [-0.2, -0.15) is 13.2 Å². The van der Waals surface area contributed by atoms with E-state index in [9.17, 15) is 28.1 Å². The van der Waals surface area contributed by atoms with Gasteiger partial charge < -0.3 is 0 Å². The Morgan fingerprint density at radius 3 is 2.53 bits per heavy atom. The maximum atomic E-state index is 12.3. The summed E-state index contributed by atoms with van der Waals surface area (Å²) < 4.78 is 36.9. The molecule has 0 saturated heterocycles. The number of halogens is 4. The van der Waals surface area contributed by atoms with Gasteiger partial charge in [0, 0.05) is 11.8 Å². The van der Waals surface area contributed by atoms with Gasteiger partial charge in [0.2, 0.25) is 0 Å². The number of rotatable bonds is 5. The van der Waals surface area contributed by atoms with Crippen molar-refractivity contribution in [2.45, 2.75) is 16.8 Å². The molecule has 0 bridgehead atoms. The number of Topliss-reactive ketones (excluding diaryl/α,β-unsaturated/α-hetero) is 1. The van der Waals surface area contributed by atoms with Gasteiger partial charge in [-0.25, -0.2) is 0 Å². The molecule has 0 amide bonds. The van der Waals surface area contributed by atoms with Crippen molar-refractivity contribution in [1.82, 2.24) is 0 Å². The highest BCUT2D eigenvalue weighted by atomic mass is 79.9. The lowest BCUT2D eigenvalue weighted by Crippen LogP contribution is -2.07. The molecule has 0 unspecified atom stereocenters. The zero-order chi connectivity index (χ0) is 14.6. The van der Waals surface area contributed by atoms with Crippen LogP contribution in [0.5, 0.6) is 0 Å². The first-order valence-corrected chi connectivity index (χ1v) is 6.82. The van der Waals surface area contributed by atoms with E-state index in [4.69, 9.17) is 0 Å². The summed E-state index contributed by atoms with van der Waals surface area (Å²) in [5.74, 6) is -0.576. The van der Waals surface area contributed by atoms with Crippen molar-refractivity contribution in [3.63, 3.8) is 0 Å². The number of nitrogens with zero attached hydrogens (tertiary/aromatic N) is 1. The van der Waals surface area contributed by atoms with Crippen LogP contribution in [0.15, 0.2) is 23.1 Å². The monoisotopic (exact) mass is 357 g/mol. The van der Waals surface area contributed by atoms with Gasteiger partial charge in [-0.1, -0.05) is 22.0 Å². The molecule has 0 aromatic heterocycles. The normalized spacial score (nSPS) is 11.4. The highest BCUT2D eigenvalue weighted by molar-refractivity contribution is 9.09. The molecule has 0 spiro atoms. The summed E-state index contributed by atoms with van der Waals surface area (Å²) in [5.41, 5.74) is -5.75. The van der Waals surface area contributed by atoms with Crippen LogP contribution in [0, 0.1) is 10.1 Å². The average molecular weight is 358 g/mol. The zero-order valence-corrected chi connectivity index (χ0v) is 11.6. The average Bonchev–Trinajstić information content (AvgIpc) is 2.26. The minimum atomic E-state index is -4.65. The minimum Gasteiger partial charge on any atom is -0.294 e. The third-order valence-corrected chi connectivity index (χ3v) is 3.21. The summed E-state index contributed by atoms with van der Waals surface area (Å²) in [6, 6.07) is 3.33. The Morgan fingerprint density at radius 2 is 2.05 bits per heavy atom. The third-order valence-electron chi connectivity index (χ3n) is 2.03. The lowest BCUT2D eigenvalue weighted by Gasteiger charge is -2.08. The predicted molar refractivity (Wildman–Crippen MR) is 67.7 cm³/mol. The van der Waals surface area contributed by atoms with Crippen LogP contribution in [-0.4, -0.2) is 21.5 Å². The topological polar surface area (TPSA) is 60.2 Å². The number of nitro groups is 1. The second-order valence-corrected chi connectivity index (χ2v) is 5.22. The number of alkyl halides is 4. The number of para-hydroxylation sites is 1. The fraction of sp³-hybridized carbons (Fsp3) is 0.300.